The molecule has 4 aliphatic rings. The quantitative estimate of drug-likeness (QED) is 0.0274. The van der Waals surface area contributed by atoms with Crippen molar-refractivity contribution in [3.63, 3.8) is 0 Å². The van der Waals surface area contributed by atoms with E-state index in [-0.39, 0.29) is 70.7 Å². The molecule has 4 aliphatic heterocycles. The van der Waals surface area contributed by atoms with Gasteiger partial charge in [0, 0.05) is 6.42 Å². The summed E-state index contributed by atoms with van der Waals surface area (Å²) >= 11 is 0. The van der Waals surface area contributed by atoms with Gasteiger partial charge in [0.1, 0.15) is 99.4 Å². The van der Waals surface area contributed by atoms with E-state index in [1.165, 1.54) is 104 Å². The van der Waals surface area contributed by atoms with Crippen LogP contribution in [-0.4, -0.2) is 214 Å². The fourth-order valence-corrected chi connectivity index (χ4v) is 16.6. The second kappa shape index (κ2) is 51.1. The maximum absolute atomic E-state index is 16.2. The molecule has 20 atom stereocenters. The minimum atomic E-state index is -2.33. The van der Waals surface area contributed by atoms with Crippen LogP contribution in [0.5, 0.6) is 0 Å². The lowest BCUT2D eigenvalue weighted by Gasteiger charge is -2.52. The highest BCUT2D eigenvalue weighted by atomic mass is 16.8. The summed E-state index contributed by atoms with van der Waals surface area (Å²) < 4.78 is 138. The second-order valence-corrected chi connectivity index (χ2v) is 34.0. The average molecular weight is 1960 g/mol. The van der Waals surface area contributed by atoms with Gasteiger partial charge in [-0.1, -0.05) is 267 Å². The molecule has 0 radical (unpaired) electrons. The third kappa shape index (κ3) is 27.7. The Balaban J connectivity index is 0.914. The van der Waals surface area contributed by atoms with Gasteiger partial charge in [0.2, 0.25) is 0 Å². The Hall–Kier alpha value is -14.9. The lowest BCUT2D eigenvalue weighted by atomic mass is 9.94. The Morgan fingerprint density at radius 1 is 0.222 bits per heavy atom. The largest absolute Gasteiger partial charge is 0.459 e. The van der Waals surface area contributed by atoms with Crippen molar-refractivity contribution in [3.05, 3.63) is 431 Å². The smallest absolute Gasteiger partial charge is 0.338 e. The summed E-state index contributed by atoms with van der Waals surface area (Å²) in [6, 6.07) is 97.3. The molecule has 31 nitrogen and oxygen atoms in total. The first-order valence-corrected chi connectivity index (χ1v) is 46.9. The fraction of sp³-hybridized carbons (Fsp3) is 0.274. The van der Waals surface area contributed by atoms with Gasteiger partial charge < -0.3 is 105 Å². The molecular formula is C113H104O31. The molecule has 12 aromatic rings. The number of hydrogen-bond acceptors (Lipinski definition) is 31. The van der Waals surface area contributed by atoms with Gasteiger partial charge in [0.05, 0.1) is 77.4 Å². The van der Waals surface area contributed by atoms with Crippen LogP contribution in [0, 0.1) is 0 Å². The molecule has 4 heterocycles. The number of ether oxygens (including phenoxy) is 20. The molecule has 4 fully saturated rings. The van der Waals surface area contributed by atoms with Gasteiger partial charge in [-0.3, -0.25) is 4.79 Å². The summed E-state index contributed by atoms with van der Waals surface area (Å²) in [4.78, 5) is 149. The average Bonchev–Trinajstić information content (AvgIpc) is 0.761. The number of esters is 9. The van der Waals surface area contributed by atoms with Crippen LogP contribution < -0.4 is 0 Å². The van der Waals surface area contributed by atoms with Gasteiger partial charge in [0.25, 0.3) is 0 Å². The Bertz CT molecular complexity index is 6140. The molecule has 11 unspecified atom stereocenters. The maximum Gasteiger partial charge on any atom is 0.338 e. The number of carbonyl (C=O) groups excluding carboxylic acids is 10. The van der Waals surface area contributed by atoms with E-state index in [2.05, 4.69) is 0 Å². The number of hydrogen-bond donors (Lipinski definition) is 1. The van der Waals surface area contributed by atoms with Crippen LogP contribution in [0.3, 0.4) is 0 Å². The van der Waals surface area contributed by atoms with Crippen molar-refractivity contribution >= 4 is 59.5 Å². The number of aliphatic hydroxyl groups excluding tert-OH is 1. The Morgan fingerprint density at radius 3 is 0.729 bits per heavy atom. The van der Waals surface area contributed by atoms with Crippen LogP contribution in [0.2, 0.25) is 0 Å². The molecule has 0 aromatic heterocycles. The Kier molecular flexibility index (Phi) is 36.2. The number of carbonyl (C=O) groups is 10. The highest BCUT2D eigenvalue weighted by molar-refractivity contribution is 5.93. The zero-order chi connectivity index (χ0) is 99.9. The molecule has 31 heteroatoms. The fourth-order valence-electron chi connectivity index (χ4n) is 16.6. The van der Waals surface area contributed by atoms with E-state index in [1.54, 1.807) is 267 Å². The molecule has 0 bridgehead atoms. The van der Waals surface area contributed by atoms with Crippen molar-refractivity contribution in [2.24, 2.45) is 0 Å². The summed E-state index contributed by atoms with van der Waals surface area (Å²) in [6.45, 7) is -3.44. The summed E-state index contributed by atoms with van der Waals surface area (Å²) in [6.07, 6.45) is -40.3. The second-order valence-electron chi connectivity index (χ2n) is 34.0. The number of aliphatic hydroxyl groups is 1. The number of benzene rings is 12. The van der Waals surface area contributed by atoms with E-state index >= 15 is 24.0 Å². The Labute approximate surface area is 829 Å². The van der Waals surface area contributed by atoms with Gasteiger partial charge in [-0.2, -0.15) is 0 Å². The summed E-state index contributed by atoms with van der Waals surface area (Å²) in [5, 5.41) is 12.9. The minimum Gasteiger partial charge on any atom is -0.459 e. The lowest BCUT2D eigenvalue weighted by Crippen LogP contribution is -2.69. The molecule has 742 valence electrons. The van der Waals surface area contributed by atoms with Crippen molar-refractivity contribution in [2.75, 3.05) is 26.4 Å². The van der Waals surface area contributed by atoms with E-state index in [0.29, 0.717) is 22.3 Å². The minimum absolute atomic E-state index is 0.000333. The first-order valence-electron chi connectivity index (χ1n) is 46.9. The standard InChI is InChI=1S/C113H104O31/c1-72(114)62-63-89(115)137-96-92(138-106(120)81-54-30-10-31-55-81)87(70-131-104(118)79-50-26-8-27-51-79)135-111(99(96)127-66-75-42-18-4-19-43-75)143-95-91(126-65-74-40-16-3-17-41-74)86(69-130-103(117)78-48-24-7-25-49-78)134-113(101(95)141-109(123)84-60-36-13-37-61-84)144-97-93(139-107(121)82-56-32-11-33-57-82)88(71-132-105(119)80-52-28-9-29-53-80)136-112(100(97)128-67-76-44-20-5-21-45-76)142-94-90(125-64-73-38-14-2-15-39-73)85(68-129-102(116)77-46-22-6-23-47-77)133-110(124)98(94)140-108(122)83-58-34-12-35-59-83/h2-61,85-88,90-101,110-113,124H,62-71H2,1H3/t85?,86?,87?,88?,90-,91-,92-,93-,94?,95?,96?,97?,98?,99?,100?,101-,110+,111+,112+,113-/m0/s1. The topological polar surface area (TPSA) is 376 Å². The highest BCUT2D eigenvalue weighted by Gasteiger charge is 2.62. The van der Waals surface area contributed by atoms with Crippen LogP contribution in [0.15, 0.2) is 364 Å². The summed E-state index contributed by atoms with van der Waals surface area (Å²) in [5.74, 6) is -9.23. The van der Waals surface area contributed by atoms with E-state index in [4.69, 9.17) is 94.7 Å². The van der Waals surface area contributed by atoms with Gasteiger partial charge >= 0.3 is 53.7 Å². The molecular weight excluding hydrogens is 1850 g/mol. The SMILES string of the molecule is CC(=O)CCC(=O)OC1C(OCc2ccccc2)[C@@H](OC2[C@@H](OCc3ccccc3)C(COC(=O)c3ccccc3)O[C@@H](OC3C(OCc4ccccc4)[C@@H](OC4C(OC(=O)c5ccccc5)[C@H](O)OC(COC(=O)c5ccccc5)[C@@H]4OCc4ccccc4)OC(COC(=O)c4ccccc4)[C@@H]3OC(=O)c3ccccc3)[C@H]2OC(=O)c2ccccc2)OC(COC(=O)c2ccccc2)[C@@H]1OC(=O)c1ccccc1. The number of Topliss-reactive ketones (excluding diaryl/α,β-unsaturated/α-hetero) is 1. The van der Waals surface area contributed by atoms with Crippen molar-refractivity contribution < 1.29 is 148 Å². The van der Waals surface area contributed by atoms with Crippen molar-refractivity contribution in [1.29, 1.82) is 0 Å². The predicted molar refractivity (Wildman–Crippen MR) is 511 cm³/mol. The van der Waals surface area contributed by atoms with E-state index < -0.39 is 222 Å². The first-order chi connectivity index (χ1) is 70.4. The van der Waals surface area contributed by atoms with Crippen LogP contribution in [0.25, 0.3) is 0 Å². The number of ketones is 1. The van der Waals surface area contributed by atoms with Gasteiger partial charge in [-0.05, 0) is 126 Å². The summed E-state index contributed by atoms with van der Waals surface area (Å²) in [5.41, 5.74) is 2.17. The third-order valence-corrected chi connectivity index (χ3v) is 23.9. The van der Waals surface area contributed by atoms with Crippen LogP contribution >= 0.6 is 0 Å². The number of rotatable bonds is 42. The van der Waals surface area contributed by atoms with Crippen molar-refractivity contribution in [2.45, 2.75) is 169 Å². The summed E-state index contributed by atoms with van der Waals surface area (Å²) in [7, 11) is 0. The monoisotopic (exact) mass is 1960 g/mol. The van der Waals surface area contributed by atoms with Gasteiger partial charge in [-0.25, -0.2) is 38.4 Å². The molecule has 0 aliphatic carbocycles. The maximum atomic E-state index is 16.2. The van der Waals surface area contributed by atoms with Crippen molar-refractivity contribution in [1.82, 2.24) is 0 Å². The molecule has 0 amide bonds. The zero-order valence-corrected chi connectivity index (χ0v) is 78.0. The predicted octanol–water partition coefficient (Wildman–Crippen LogP) is 15.0. The molecule has 12 aromatic carbocycles. The molecule has 1 N–H and O–H groups in total. The first kappa shape index (κ1) is 102. The van der Waals surface area contributed by atoms with Crippen LogP contribution in [0.1, 0.15) is 125 Å². The Morgan fingerprint density at radius 2 is 0.438 bits per heavy atom. The zero-order valence-electron chi connectivity index (χ0n) is 78.0. The molecule has 144 heavy (non-hydrogen) atoms. The normalized spacial score (nSPS) is 23.8. The van der Waals surface area contributed by atoms with Crippen LogP contribution in [0.4, 0.5) is 0 Å². The van der Waals surface area contributed by atoms with Gasteiger partial charge in [0.15, 0.2) is 55.7 Å². The van der Waals surface area contributed by atoms with Gasteiger partial charge in [-0.15, -0.1) is 0 Å². The lowest BCUT2D eigenvalue weighted by molar-refractivity contribution is -0.395. The van der Waals surface area contributed by atoms with Crippen LogP contribution in [-0.2, 0) is 131 Å². The third-order valence-electron chi connectivity index (χ3n) is 23.9. The molecule has 0 saturated carbocycles. The van der Waals surface area contributed by atoms with E-state index in [1.807, 2.05) is 0 Å². The molecule has 16 rings (SSSR count). The van der Waals surface area contributed by atoms with E-state index in [0.717, 1.165) is 0 Å². The highest BCUT2D eigenvalue weighted by Crippen LogP contribution is 2.43. The van der Waals surface area contributed by atoms with E-state index in [9.17, 15) is 29.1 Å². The van der Waals surface area contributed by atoms with Crippen molar-refractivity contribution in [3.8, 4) is 0 Å². The molecule has 4 saturated heterocycles. The molecule has 0 spiro atoms.